The van der Waals surface area contributed by atoms with Gasteiger partial charge < -0.3 is 10.4 Å². The van der Waals surface area contributed by atoms with Crippen molar-refractivity contribution in [2.45, 2.75) is 6.42 Å². The van der Waals surface area contributed by atoms with Crippen LogP contribution in [0.3, 0.4) is 0 Å². The highest BCUT2D eigenvalue weighted by atomic mass is 16.3. The van der Waals surface area contributed by atoms with Crippen molar-refractivity contribution in [3.8, 4) is 5.75 Å². The largest absolute Gasteiger partial charge is 0.507 e. The number of hydrogen-bond donors (Lipinski definition) is 3. The lowest BCUT2D eigenvalue weighted by atomic mass is 10.1. The summed E-state index contributed by atoms with van der Waals surface area (Å²) in [6, 6.07) is 13.8. The molecule has 2 amide bonds. The molecule has 6 heteroatoms. The molecule has 122 valence electrons. The molecule has 0 aliphatic rings. The van der Waals surface area contributed by atoms with E-state index in [9.17, 15) is 14.7 Å². The van der Waals surface area contributed by atoms with Gasteiger partial charge in [0.25, 0.3) is 0 Å². The van der Waals surface area contributed by atoms with E-state index < -0.39 is 11.8 Å². The topological polar surface area (TPSA) is 90.8 Å². The first-order valence-electron chi connectivity index (χ1n) is 7.23. The molecule has 0 aromatic heterocycles. The van der Waals surface area contributed by atoms with E-state index in [0.29, 0.717) is 23.2 Å². The Hall–Kier alpha value is -3.41. The van der Waals surface area contributed by atoms with E-state index in [1.165, 1.54) is 6.21 Å². The first-order chi connectivity index (χ1) is 11.6. The first kappa shape index (κ1) is 17.0. The normalized spacial score (nSPS) is 10.3. The van der Waals surface area contributed by atoms with E-state index in [2.05, 4.69) is 22.4 Å². The predicted octanol–water partition coefficient (Wildman–Crippen LogP) is 2.21. The molecule has 2 aromatic rings. The summed E-state index contributed by atoms with van der Waals surface area (Å²) in [6.45, 7) is 3.62. The summed E-state index contributed by atoms with van der Waals surface area (Å²) in [4.78, 5) is 23.4. The molecule has 0 saturated heterocycles. The second-order valence-corrected chi connectivity index (χ2v) is 4.87. The molecule has 0 bridgehead atoms. The van der Waals surface area contributed by atoms with Crippen molar-refractivity contribution in [3.63, 3.8) is 0 Å². The zero-order chi connectivity index (χ0) is 17.4. The molecule has 6 nitrogen and oxygen atoms in total. The summed E-state index contributed by atoms with van der Waals surface area (Å²) in [7, 11) is 0. The molecule has 0 aliphatic carbocycles. The molecule has 0 radical (unpaired) electrons. The second-order valence-electron chi connectivity index (χ2n) is 4.87. The van der Waals surface area contributed by atoms with Crippen LogP contribution in [0.2, 0.25) is 0 Å². The molecular formula is C18H17N3O3. The molecule has 0 fully saturated rings. The molecule has 0 heterocycles. The van der Waals surface area contributed by atoms with Crippen molar-refractivity contribution in [2.75, 3.05) is 5.32 Å². The minimum Gasteiger partial charge on any atom is -0.507 e. The summed E-state index contributed by atoms with van der Waals surface area (Å²) in [5.41, 5.74) is 3.75. The van der Waals surface area contributed by atoms with E-state index in [0.717, 1.165) is 0 Å². The van der Waals surface area contributed by atoms with Crippen molar-refractivity contribution < 1.29 is 14.7 Å². The highest BCUT2D eigenvalue weighted by molar-refractivity contribution is 6.39. The fraction of sp³-hybridized carbons (Fsp3) is 0.0556. The maximum Gasteiger partial charge on any atom is 0.329 e. The summed E-state index contributed by atoms with van der Waals surface area (Å²) < 4.78 is 0. The number of hydrazone groups is 1. The number of nitrogens with one attached hydrogen (secondary N) is 2. The summed E-state index contributed by atoms with van der Waals surface area (Å²) in [6.07, 6.45) is 3.46. The number of rotatable bonds is 5. The van der Waals surface area contributed by atoms with Gasteiger partial charge in [0.1, 0.15) is 5.75 Å². The van der Waals surface area contributed by atoms with Gasteiger partial charge in [-0.2, -0.15) is 5.10 Å². The van der Waals surface area contributed by atoms with Crippen LogP contribution in [-0.2, 0) is 16.0 Å². The van der Waals surface area contributed by atoms with Crippen LogP contribution in [0, 0.1) is 0 Å². The number of allylic oxidation sites excluding steroid dienone is 1. The monoisotopic (exact) mass is 323 g/mol. The van der Waals surface area contributed by atoms with Crippen LogP contribution in [0.25, 0.3) is 0 Å². The van der Waals surface area contributed by atoms with Crippen molar-refractivity contribution in [3.05, 3.63) is 72.3 Å². The third-order valence-corrected chi connectivity index (χ3v) is 3.12. The maximum atomic E-state index is 11.7. The zero-order valence-electron chi connectivity index (χ0n) is 12.9. The molecule has 0 atom stereocenters. The summed E-state index contributed by atoms with van der Waals surface area (Å²) >= 11 is 0. The summed E-state index contributed by atoms with van der Waals surface area (Å²) in [5.74, 6) is -1.68. The molecule has 0 spiro atoms. The standard InChI is InChI=1S/C18H17N3O3/c1-2-7-13-8-6-9-14(16(13)22)12-19-21-18(24)17(23)20-15-10-4-3-5-11-15/h2-6,8-12,22H,1,7H2,(H,20,23)(H,21,24)/b19-12-. The fourth-order valence-corrected chi connectivity index (χ4v) is 1.96. The Morgan fingerprint density at radius 3 is 2.54 bits per heavy atom. The van der Waals surface area contributed by atoms with Crippen LogP contribution in [0.4, 0.5) is 5.69 Å². The number of para-hydroxylation sites is 2. The van der Waals surface area contributed by atoms with Crippen LogP contribution in [-0.4, -0.2) is 23.1 Å². The number of nitrogens with zero attached hydrogens (tertiary/aromatic N) is 1. The Balaban J connectivity index is 1.96. The number of hydrogen-bond acceptors (Lipinski definition) is 4. The lowest BCUT2D eigenvalue weighted by Gasteiger charge is -2.05. The van der Waals surface area contributed by atoms with Gasteiger partial charge in [0.15, 0.2) is 0 Å². The third kappa shape index (κ3) is 4.54. The third-order valence-electron chi connectivity index (χ3n) is 3.12. The average molecular weight is 323 g/mol. The molecular weight excluding hydrogens is 306 g/mol. The number of anilines is 1. The number of aromatic hydroxyl groups is 1. The van der Waals surface area contributed by atoms with Crippen molar-refractivity contribution in [1.29, 1.82) is 0 Å². The second kappa shape index (κ2) is 8.28. The molecule has 0 saturated carbocycles. The number of phenols is 1. The van der Waals surface area contributed by atoms with Gasteiger partial charge in [-0.3, -0.25) is 9.59 Å². The van der Waals surface area contributed by atoms with Gasteiger partial charge in [-0.15, -0.1) is 6.58 Å². The summed E-state index contributed by atoms with van der Waals surface area (Å²) in [5, 5.41) is 16.2. The SMILES string of the molecule is C=CCc1cccc(/C=N\NC(=O)C(=O)Nc2ccccc2)c1O. The number of benzene rings is 2. The van der Waals surface area contributed by atoms with Crippen LogP contribution >= 0.6 is 0 Å². The van der Waals surface area contributed by atoms with E-state index in [-0.39, 0.29) is 5.75 Å². The highest BCUT2D eigenvalue weighted by Crippen LogP contribution is 2.21. The van der Waals surface area contributed by atoms with E-state index in [1.54, 1.807) is 54.6 Å². The van der Waals surface area contributed by atoms with Crippen LogP contribution in [0.1, 0.15) is 11.1 Å². The Morgan fingerprint density at radius 1 is 1.08 bits per heavy atom. The minimum absolute atomic E-state index is 0.0594. The highest BCUT2D eigenvalue weighted by Gasteiger charge is 2.12. The molecule has 3 N–H and O–H groups in total. The number of carbonyl (C=O) groups is 2. The molecule has 2 rings (SSSR count). The smallest absolute Gasteiger partial charge is 0.329 e. The van der Waals surface area contributed by atoms with Crippen molar-refractivity contribution >= 4 is 23.7 Å². The minimum atomic E-state index is -0.906. The Morgan fingerprint density at radius 2 is 1.83 bits per heavy atom. The van der Waals surface area contributed by atoms with Gasteiger partial charge in [0.2, 0.25) is 0 Å². The van der Waals surface area contributed by atoms with Gasteiger partial charge >= 0.3 is 11.8 Å². The number of phenolic OH excluding ortho intramolecular Hbond substituents is 1. The van der Waals surface area contributed by atoms with Gasteiger partial charge in [-0.1, -0.05) is 36.4 Å². The van der Waals surface area contributed by atoms with Gasteiger partial charge in [0.05, 0.1) is 6.21 Å². The van der Waals surface area contributed by atoms with Crippen LogP contribution in [0.15, 0.2) is 66.3 Å². The maximum absolute atomic E-state index is 11.7. The lowest BCUT2D eigenvalue weighted by Crippen LogP contribution is -2.32. The molecule has 0 aliphatic heterocycles. The zero-order valence-corrected chi connectivity index (χ0v) is 12.9. The van der Waals surface area contributed by atoms with E-state index >= 15 is 0 Å². The van der Waals surface area contributed by atoms with E-state index in [4.69, 9.17) is 0 Å². The van der Waals surface area contributed by atoms with Crippen LogP contribution in [0.5, 0.6) is 5.75 Å². The lowest BCUT2D eigenvalue weighted by molar-refractivity contribution is -0.136. The Bertz CT molecular complexity index is 770. The quantitative estimate of drug-likeness (QED) is 0.341. The fourth-order valence-electron chi connectivity index (χ4n) is 1.96. The molecule has 0 unspecified atom stereocenters. The average Bonchev–Trinajstić information content (AvgIpc) is 2.59. The van der Waals surface area contributed by atoms with Crippen molar-refractivity contribution in [2.24, 2.45) is 5.10 Å². The Kier molecular flexibility index (Phi) is 5.85. The number of carbonyl (C=O) groups excluding carboxylic acids is 2. The van der Waals surface area contributed by atoms with Gasteiger partial charge in [0, 0.05) is 11.3 Å². The van der Waals surface area contributed by atoms with E-state index in [1.807, 2.05) is 0 Å². The van der Waals surface area contributed by atoms with Gasteiger partial charge in [-0.05, 0) is 30.2 Å². The molecule has 2 aromatic carbocycles. The number of amides is 2. The van der Waals surface area contributed by atoms with Gasteiger partial charge in [-0.25, -0.2) is 5.43 Å². The first-order valence-corrected chi connectivity index (χ1v) is 7.23. The van der Waals surface area contributed by atoms with Crippen molar-refractivity contribution in [1.82, 2.24) is 5.43 Å². The van der Waals surface area contributed by atoms with Crippen LogP contribution < -0.4 is 10.7 Å². The Labute approximate surface area is 139 Å². The molecule has 24 heavy (non-hydrogen) atoms. The predicted molar refractivity (Wildman–Crippen MR) is 92.8 cm³/mol.